The maximum absolute atomic E-state index is 6.01. The molecule has 1 aromatic rings. The second kappa shape index (κ2) is 7.58. The van der Waals surface area contributed by atoms with Crippen molar-refractivity contribution < 1.29 is 0 Å². The lowest BCUT2D eigenvalue weighted by molar-refractivity contribution is 0.596. The van der Waals surface area contributed by atoms with E-state index in [9.17, 15) is 0 Å². The fourth-order valence-corrected chi connectivity index (χ4v) is 2.01. The van der Waals surface area contributed by atoms with Crippen LogP contribution in [0.3, 0.4) is 0 Å². The number of nitrogens with one attached hydrogen (secondary N) is 1. The molecule has 0 spiro atoms. The Labute approximate surface area is 103 Å². The van der Waals surface area contributed by atoms with Gasteiger partial charge in [-0.15, -0.1) is 11.8 Å². The fourth-order valence-electron chi connectivity index (χ4n) is 1.55. The van der Waals surface area contributed by atoms with Crippen molar-refractivity contribution >= 4 is 17.4 Å². The zero-order valence-electron chi connectivity index (χ0n) is 10.2. The molecule has 0 heterocycles. The Balaban J connectivity index is 2.35. The topological polar surface area (TPSA) is 38.0 Å². The summed E-state index contributed by atoms with van der Waals surface area (Å²) in [7, 11) is 0. The minimum Gasteiger partial charge on any atom is -0.383 e. The van der Waals surface area contributed by atoms with Gasteiger partial charge in [-0.25, -0.2) is 0 Å². The summed E-state index contributed by atoms with van der Waals surface area (Å²) in [4.78, 5) is 1.28. The van der Waals surface area contributed by atoms with Gasteiger partial charge in [-0.3, -0.25) is 0 Å². The molecule has 3 N–H and O–H groups in total. The molecule has 2 nitrogen and oxygen atoms in total. The van der Waals surface area contributed by atoms with Gasteiger partial charge < -0.3 is 11.1 Å². The van der Waals surface area contributed by atoms with Crippen LogP contribution < -0.4 is 11.1 Å². The van der Waals surface area contributed by atoms with Gasteiger partial charge in [-0.2, -0.15) is 0 Å². The Morgan fingerprint density at radius 1 is 1.44 bits per heavy atom. The quantitative estimate of drug-likeness (QED) is 0.716. The highest BCUT2D eigenvalue weighted by atomic mass is 32.2. The van der Waals surface area contributed by atoms with Crippen molar-refractivity contribution in [3.8, 4) is 0 Å². The van der Waals surface area contributed by atoms with Gasteiger partial charge in [0.2, 0.25) is 0 Å². The molecule has 0 bridgehead atoms. The first-order valence-electron chi connectivity index (χ1n) is 5.89. The second-order valence-corrected chi connectivity index (χ2v) is 4.89. The molecule has 0 radical (unpaired) electrons. The molecule has 1 unspecified atom stereocenters. The third-order valence-corrected chi connectivity index (χ3v) is 3.29. The number of hydrogen-bond acceptors (Lipinski definition) is 3. The molecule has 0 fully saturated rings. The Morgan fingerprint density at radius 3 is 2.94 bits per heavy atom. The summed E-state index contributed by atoms with van der Waals surface area (Å²) in [6.07, 6.45) is 5.63. The van der Waals surface area contributed by atoms with Crippen molar-refractivity contribution in [1.82, 2.24) is 0 Å². The molecular weight excluding hydrogens is 216 g/mol. The lowest BCUT2D eigenvalue weighted by Crippen LogP contribution is -2.28. The van der Waals surface area contributed by atoms with Gasteiger partial charge in [0.1, 0.15) is 0 Å². The summed E-state index contributed by atoms with van der Waals surface area (Å²) in [5.41, 5.74) is 7.18. The lowest BCUT2D eigenvalue weighted by Gasteiger charge is -2.13. The number of thioether (sulfide) groups is 1. The van der Waals surface area contributed by atoms with Gasteiger partial charge in [0.15, 0.2) is 0 Å². The average Bonchev–Trinajstić information content (AvgIpc) is 2.34. The summed E-state index contributed by atoms with van der Waals surface area (Å²) >= 11 is 1.76. The highest BCUT2D eigenvalue weighted by Gasteiger charge is 2.01. The van der Waals surface area contributed by atoms with Crippen molar-refractivity contribution in [1.29, 1.82) is 0 Å². The van der Waals surface area contributed by atoms with E-state index >= 15 is 0 Å². The van der Waals surface area contributed by atoms with E-state index in [-0.39, 0.29) is 6.04 Å². The van der Waals surface area contributed by atoms with Gasteiger partial charge in [0.05, 0.1) is 0 Å². The molecule has 0 amide bonds. The molecule has 1 rings (SSSR count). The summed E-state index contributed by atoms with van der Waals surface area (Å²) < 4.78 is 0. The lowest BCUT2D eigenvalue weighted by atomic mass is 10.1. The number of unbranched alkanes of at least 4 members (excludes halogenated alkanes) is 1. The van der Waals surface area contributed by atoms with Crippen LogP contribution >= 0.6 is 11.8 Å². The third-order valence-electron chi connectivity index (χ3n) is 2.57. The van der Waals surface area contributed by atoms with Crippen LogP contribution in [-0.2, 0) is 0 Å². The highest BCUT2D eigenvalue weighted by Crippen LogP contribution is 2.18. The molecular formula is C13H22N2S. The van der Waals surface area contributed by atoms with Gasteiger partial charge >= 0.3 is 0 Å². The van der Waals surface area contributed by atoms with Crippen LogP contribution in [0.4, 0.5) is 5.69 Å². The number of anilines is 1. The molecule has 90 valence electrons. The molecule has 0 saturated heterocycles. The maximum Gasteiger partial charge on any atom is 0.0351 e. The van der Waals surface area contributed by atoms with E-state index in [1.807, 2.05) is 0 Å². The number of rotatable bonds is 7. The smallest absolute Gasteiger partial charge is 0.0351 e. The maximum atomic E-state index is 6.01. The van der Waals surface area contributed by atoms with E-state index in [1.54, 1.807) is 11.8 Å². The molecule has 1 atom stereocenters. The van der Waals surface area contributed by atoms with Crippen LogP contribution in [-0.4, -0.2) is 18.8 Å². The normalized spacial score (nSPS) is 12.4. The predicted octanol–water partition coefficient (Wildman–Crippen LogP) is 3.34. The Morgan fingerprint density at radius 2 is 2.25 bits per heavy atom. The van der Waals surface area contributed by atoms with Crippen LogP contribution in [0.15, 0.2) is 29.2 Å². The number of nitrogens with two attached hydrogens (primary N) is 1. The third kappa shape index (κ3) is 4.90. The molecule has 16 heavy (non-hydrogen) atoms. The summed E-state index contributed by atoms with van der Waals surface area (Å²) in [5.74, 6) is 0. The first kappa shape index (κ1) is 13.4. The van der Waals surface area contributed by atoms with E-state index in [0.717, 1.165) is 13.0 Å². The molecule has 1 aromatic carbocycles. The standard InChI is InChI=1S/C13H22N2S/c1-3-4-6-11(14)10-15-12-7-5-8-13(9-12)16-2/h5,7-9,11,15H,3-4,6,10,14H2,1-2H3. The van der Waals surface area contributed by atoms with E-state index in [0.29, 0.717) is 0 Å². The minimum atomic E-state index is 0.262. The molecule has 3 heteroatoms. The largest absolute Gasteiger partial charge is 0.383 e. The SMILES string of the molecule is CCCCC(N)CNc1cccc(SC)c1. The Kier molecular flexibility index (Phi) is 6.34. The van der Waals surface area contributed by atoms with E-state index < -0.39 is 0 Å². The molecule has 0 aliphatic carbocycles. The van der Waals surface area contributed by atoms with Crippen LogP contribution in [0, 0.1) is 0 Å². The fraction of sp³-hybridized carbons (Fsp3) is 0.538. The zero-order chi connectivity index (χ0) is 11.8. The number of hydrogen-bond donors (Lipinski definition) is 2. The van der Waals surface area contributed by atoms with Crippen LogP contribution in [0.5, 0.6) is 0 Å². The van der Waals surface area contributed by atoms with E-state index in [1.165, 1.54) is 23.4 Å². The van der Waals surface area contributed by atoms with Crippen molar-refractivity contribution in [2.75, 3.05) is 18.1 Å². The Bertz CT molecular complexity index is 302. The molecule has 0 aliphatic heterocycles. The van der Waals surface area contributed by atoms with E-state index in [4.69, 9.17) is 5.73 Å². The van der Waals surface area contributed by atoms with Crippen molar-refractivity contribution in [2.24, 2.45) is 5.73 Å². The Hall–Kier alpha value is -0.670. The second-order valence-electron chi connectivity index (χ2n) is 4.02. The zero-order valence-corrected chi connectivity index (χ0v) is 11.0. The van der Waals surface area contributed by atoms with Gasteiger partial charge in [-0.1, -0.05) is 25.8 Å². The highest BCUT2D eigenvalue weighted by molar-refractivity contribution is 7.98. The van der Waals surface area contributed by atoms with E-state index in [2.05, 4.69) is 42.8 Å². The van der Waals surface area contributed by atoms with Gasteiger partial charge in [0.25, 0.3) is 0 Å². The first-order chi connectivity index (χ1) is 7.76. The minimum absolute atomic E-state index is 0.262. The monoisotopic (exact) mass is 238 g/mol. The summed E-state index contributed by atoms with van der Waals surface area (Å²) in [6.45, 7) is 3.06. The molecule has 0 saturated carbocycles. The van der Waals surface area contributed by atoms with Crippen molar-refractivity contribution in [3.05, 3.63) is 24.3 Å². The predicted molar refractivity (Wildman–Crippen MR) is 74.2 cm³/mol. The van der Waals surface area contributed by atoms with Crippen molar-refractivity contribution in [3.63, 3.8) is 0 Å². The average molecular weight is 238 g/mol. The molecule has 0 aliphatic rings. The van der Waals surface area contributed by atoms with Gasteiger partial charge in [0, 0.05) is 23.2 Å². The summed E-state index contributed by atoms with van der Waals surface area (Å²) in [6, 6.07) is 8.71. The molecule has 0 aromatic heterocycles. The van der Waals surface area contributed by atoms with Crippen molar-refractivity contribution in [2.45, 2.75) is 37.1 Å². The first-order valence-corrected chi connectivity index (χ1v) is 7.12. The summed E-state index contributed by atoms with van der Waals surface area (Å²) in [5, 5.41) is 3.39. The number of benzene rings is 1. The van der Waals surface area contributed by atoms with Crippen LogP contribution in [0.2, 0.25) is 0 Å². The van der Waals surface area contributed by atoms with Crippen LogP contribution in [0.25, 0.3) is 0 Å². The van der Waals surface area contributed by atoms with Gasteiger partial charge in [-0.05, 0) is 30.9 Å². The van der Waals surface area contributed by atoms with Crippen LogP contribution in [0.1, 0.15) is 26.2 Å².